The first-order valence-electron chi connectivity index (χ1n) is 11.6. The van der Waals surface area contributed by atoms with Crippen molar-refractivity contribution in [2.45, 2.75) is 44.3 Å². The van der Waals surface area contributed by atoms with Gasteiger partial charge in [0, 0.05) is 38.4 Å². The van der Waals surface area contributed by atoms with Crippen molar-refractivity contribution in [3.63, 3.8) is 0 Å². The van der Waals surface area contributed by atoms with Crippen LogP contribution in [0, 0.1) is 0 Å². The highest BCUT2D eigenvalue weighted by molar-refractivity contribution is 6.42. The first kappa shape index (κ1) is 23.8. The Balaban J connectivity index is 1.29. The quantitative estimate of drug-likeness (QED) is 0.457. The summed E-state index contributed by atoms with van der Waals surface area (Å²) in [6.07, 6.45) is 6.28. The third kappa shape index (κ3) is 5.83. The second-order valence-corrected chi connectivity index (χ2v) is 9.49. The molecule has 3 N–H and O–H groups in total. The van der Waals surface area contributed by atoms with Crippen LogP contribution in [0.15, 0.2) is 30.7 Å². The van der Waals surface area contributed by atoms with E-state index < -0.39 is 0 Å². The molecule has 1 saturated heterocycles. The maximum atomic E-state index is 13.3. The maximum absolute atomic E-state index is 13.3. The first-order valence-corrected chi connectivity index (χ1v) is 12.3. The summed E-state index contributed by atoms with van der Waals surface area (Å²) in [6.45, 7) is 2.46. The Kier molecular flexibility index (Phi) is 7.31. The van der Waals surface area contributed by atoms with Crippen LogP contribution in [0.5, 0.6) is 0 Å². The van der Waals surface area contributed by atoms with Gasteiger partial charge in [-0.2, -0.15) is 5.10 Å². The van der Waals surface area contributed by atoms with Crippen LogP contribution in [0.1, 0.15) is 41.5 Å². The molecule has 5 rings (SSSR count). The second kappa shape index (κ2) is 10.8. The number of carbonyl (C=O) groups is 1. The van der Waals surface area contributed by atoms with E-state index in [1.807, 2.05) is 12.3 Å². The number of hydrogen-bond acceptors (Lipinski definition) is 7. The molecule has 184 valence electrons. The fourth-order valence-corrected chi connectivity index (χ4v) is 4.62. The SMILES string of the molecule is O=C(NC(Cc1ncn[nH]1)c1ccc(Cl)c(Cl)c1)N1CCc2cnc(NC3CCOCC3)nc2C1. The molecule has 2 aromatic heterocycles. The number of aromatic nitrogens is 5. The molecule has 0 saturated carbocycles. The first-order chi connectivity index (χ1) is 17.0. The number of benzene rings is 1. The summed E-state index contributed by atoms with van der Waals surface area (Å²) in [5.41, 5.74) is 2.75. The van der Waals surface area contributed by atoms with Crippen molar-refractivity contribution < 1.29 is 9.53 Å². The molecule has 1 aromatic carbocycles. The molecule has 1 atom stereocenters. The van der Waals surface area contributed by atoms with Crippen molar-refractivity contribution in [1.82, 2.24) is 35.4 Å². The number of anilines is 1. The predicted octanol–water partition coefficient (Wildman–Crippen LogP) is 3.54. The van der Waals surface area contributed by atoms with Gasteiger partial charge in [0.25, 0.3) is 0 Å². The third-order valence-corrected chi connectivity index (χ3v) is 7.03. The minimum atomic E-state index is -0.372. The Morgan fingerprint density at radius 1 is 1.23 bits per heavy atom. The highest BCUT2D eigenvalue weighted by Crippen LogP contribution is 2.27. The summed E-state index contributed by atoms with van der Waals surface area (Å²) in [5, 5.41) is 14.2. The summed E-state index contributed by atoms with van der Waals surface area (Å²) in [4.78, 5) is 28.5. The molecule has 1 unspecified atom stereocenters. The van der Waals surface area contributed by atoms with Gasteiger partial charge in [0.2, 0.25) is 5.95 Å². The number of ether oxygens (including phenoxy) is 1. The van der Waals surface area contributed by atoms with Crippen LogP contribution in [0.25, 0.3) is 0 Å². The normalized spacial score (nSPS) is 17.0. The number of aromatic amines is 1. The Labute approximate surface area is 212 Å². The fourth-order valence-electron chi connectivity index (χ4n) is 4.31. The lowest BCUT2D eigenvalue weighted by Crippen LogP contribution is -2.45. The maximum Gasteiger partial charge on any atom is 0.318 e. The minimum absolute atomic E-state index is 0.191. The van der Waals surface area contributed by atoms with Crippen molar-refractivity contribution in [3.05, 3.63) is 63.4 Å². The molecule has 2 aliphatic heterocycles. The van der Waals surface area contributed by atoms with Gasteiger partial charge in [-0.25, -0.2) is 19.7 Å². The molecule has 10 nitrogen and oxygen atoms in total. The molecule has 4 heterocycles. The molecule has 0 radical (unpaired) electrons. The van der Waals surface area contributed by atoms with Crippen molar-refractivity contribution in [1.29, 1.82) is 0 Å². The number of carbonyl (C=O) groups excluding carboxylic acids is 1. The minimum Gasteiger partial charge on any atom is -0.381 e. The molecule has 3 aromatic rings. The zero-order valence-corrected chi connectivity index (χ0v) is 20.5. The van der Waals surface area contributed by atoms with Crippen molar-refractivity contribution in [3.8, 4) is 0 Å². The van der Waals surface area contributed by atoms with E-state index in [2.05, 4.69) is 30.8 Å². The van der Waals surface area contributed by atoms with E-state index in [-0.39, 0.29) is 12.1 Å². The van der Waals surface area contributed by atoms with E-state index in [0.29, 0.717) is 53.8 Å². The molecule has 0 bridgehead atoms. The zero-order chi connectivity index (χ0) is 24.2. The summed E-state index contributed by atoms with van der Waals surface area (Å²) in [5.74, 6) is 1.25. The van der Waals surface area contributed by atoms with Crippen LogP contribution in [0.3, 0.4) is 0 Å². The number of halogens is 2. The molecule has 12 heteroatoms. The Morgan fingerprint density at radius 2 is 2.09 bits per heavy atom. The van der Waals surface area contributed by atoms with Gasteiger partial charge in [0.1, 0.15) is 12.2 Å². The lowest BCUT2D eigenvalue weighted by molar-refractivity contribution is 0.0903. The van der Waals surface area contributed by atoms with Crippen LogP contribution in [-0.2, 0) is 24.1 Å². The van der Waals surface area contributed by atoms with Gasteiger partial charge in [0.05, 0.1) is 28.3 Å². The average Bonchev–Trinajstić information content (AvgIpc) is 3.39. The van der Waals surface area contributed by atoms with Crippen molar-refractivity contribution >= 4 is 35.2 Å². The largest absolute Gasteiger partial charge is 0.381 e. The van der Waals surface area contributed by atoms with Crippen LogP contribution in [0.2, 0.25) is 10.0 Å². The third-order valence-electron chi connectivity index (χ3n) is 6.29. The summed E-state index contributed by atoms with van der Waals surface area (Å²) < 4.78 is 5.42. The van der Waals surface area contributed by atoms with E-state index in [0.717, 1.165) is 42.9 Å². The van der Waals surface area contributed by atoms with E-state index in [9.17, 15) is 4.79 Å². The molecule has 35 heavy (non-hydrogen) atoms. The number of amides is 2. The summed E-state index contributed by atoms with van der Waals surface area (Å²) in [7, 11) is 0. The number of nitrogens with one attached hydrogen (secondary N) is 3. The number of urea groups is 1. The topological polar surface area (TPSA) is 121 Å². The average molecular weight is 517 g/mol. The van der Waals surface area contributed by atoms with Gasteiger partial charge in [-0.3, -0.25) is 5.10 Å². The van der Waals surface area contributed by atoms with Gasteiger partial charge in [-0.1, -0.05) is 29.3 Å². The van der Waals surface area contributed by atoms with Crippen LogP contribution >= 0.6 is 23.2 Å². The van der Waals surface area contributed by atoms with Gasteiger partial charge in [-0.15, -0.1) is 0 Å². The number of nitrogens with zero attached hydrogens (tertiary/aromatic N) is 5. The lowest BCUT2D eigenvalue weighted by atomic mass is 10.0. The second-order valence-electron chi connectivity index (χ2n) is 8.68. The molecule has 1 fully saturated rings. The van der Waals surface area contributed by atoms with Crippen LogP contribution in [-0.4, -0.2) is 61.9 Å². The Bertz CT molecular complexity index is 1170. The highest BCUT2D eigenvalue weighted by atomic mass is 35.5. The summed E-state index contributed by atoms with van der Waals surface area (Å²) >= 11 is 12.3. The molecule has 2 aliphatic rings. The van der Waals surface area contributed by atoms with E-state index in [4.69, 9.17) is 32.9 Å². The molecular formula is C23H26Cl2N8O2. The number of H-pyrrole nitrogens is 1. The smallest absolute Gasteiger partial charge is 0.318 e. The molecule has 0 aliphatic carbocycles. The van der Waals surface area contributed by atoms with E-state index in [1.165, 1.54) is 6.33 Å². The van der Waals surface area contributed by atoms with Crippen LogP contribution in [0.4, 0.5) is 10.7 Å². The van der Waals surface area contributed by atoms with Crippen molar-refractivity contribution in [2.75, 3.05) is 25.1 Å². The van der Waals surface area contributed by atoms with Gasteiger partial charge >= 0.3 is 6.03 Å². The van der Waals surface area contributed by atoms with Gasteiger partial charge in [0.15, 0.2) is 0 Å². The number of fused-ring (bicyclic) bond motifs is 1. The van der Waals surface area contributed by atoms with Crippen LogP contribution < -0.4 is 10.6 Å². The zero-order valence-electron chi connectivity index (χ0n) is 19.0. The number of rotatable bonds is 6. The monoisotopic (exact) mass is 516 g/mol. The molecular weight excluding hydrogens is 491 g/mol. The Morgan fingerprint density at radius 3 is 2.86 bits per heavy atom. The summed E-state index contributed by atoms with van der Waals surface area (Å²) in [6, 6.07) is 5.07. The Hall–Kier alpha value is -2.95. The predicted molar refractivity (Wildman–Crippen MR) is 131 cm³/mol. The number of hydrogen-bond donors (Lipinski definition) is 3. The van der Waals surface area contributed by atoms with Gasteiger partial charge in [-0.05, 0) is 42.5 Å². The highest BCUT2D eigenvalue weighted by Gasteiger charge is 2.26. The fraction of sp³-hybridized carbons (Fsp3) is 0.435. The van der Waals surface area contributed by atoms with E-state index in [1.54, 1.807) is 17.0 Å². The molecule has 2 amide bonds. The van der Waals surface area contributed by atoms with E-state index >= 15 is 0 Å². The molecule has 0 spiro atoms. The standard InChI is InChI=1S/C23H26Cl2N8O2/c24-17-2-1-14(9-18(17)25)19(10-21-27-13-28-32-21)31-23(34)33-6-3-15-11-26-22(30-20(15)12-33)29-16-4-7-35-8-5-16/h1-2,9,11,13,16,19H,3-8,10,12H2,(H,31,34)(H,26,29,30)(H,27,28,32). The lowest BCUT2D eigenvalue weighted by Gasteiger charge is -2.30. The van der Waals surface area contributed by atoms with Gasteiger partial charge < -0.3 is 20.3 Å². The van der Waals surface area contributed by atoms with Crippen molar-refractivity contribution in [2.24, 2.45) is 0 Å².